The molecule has 0 bridgehead atoms. The largest absolute Gasteiger partial charge is 0.298 e. The van der Waals surface area contributed by atoms with Gasteiger partial charge in [-0.3, -0.25) is 9.88 Å². The van der Waals surface area contributed by atoms with Crippen LogP contribution in [-0.2, 0) is 6.54 Å². The highest BCUT2D eigenvalue weighted by Crippen LogP contribution is 2.14. The van der Waals surface area contributed by atoms with Gasteiger partial charge in [-0.05, 0) is 37.4 Å². The molecule has 3 nitrogen and oxygen atoms in total. The number of rotatable bonds is 5. The van der Waals surface area contributed by atoms with Gasteiger partial charge in [-0.15, -0.1) is 0 Å². The Labute approximate surface area is 109 Å². The molecular weight excluding hydrogens is 222 g/mol. The van der Waals surface area contributed by atoms with Gasteiger partial charge in [-0.2, -0.15) is 0 Å². The van der Waals surface area contributed by atoms with Crippen molar-refractivity contribution in [3.05, 3.63) is 48.3 Å². The van der Waals surface area contributed by atoms with E-state index in [0.717, 1.165) is 36.7 Å². The Hall–Kier alpha value is -1.74. The number of hydrogen-bond donors (Lipinski definition) is 0. The van der Waals surface area contributed by atoms with Gasteiger partial charge in [0.05, 0.1) is 17.1 Å². The van der Waals surface area contributed by atoms with Crippen molar-refractivity contribution in [2.45, 2.75) is 20.4 Å². The molecule has 0 amide bonds. The van der Waals surface area contributed by atoms with Crippen LogP contribution in [0.2, 0.25) is 0 Å². The molecule has 0 fully saturated rings. The van der Waals surface area contributed by atoms with E-state index in [1.165, 1.54) is 0 Å². The lowest BCUT2D eigenvalue weighted by molar-refractivity contribution is 0.292. The summed E-state index contributed by atoms with van der Waals surface area (Å²) in [5, 5.41) is 0. The lowest BCUT2D eigenvalue weighted by atomic mass is 10.2. The molecule has 0 aliphatic carbocycles. The second kappa shape index (κ2) is 6.26. The summed E-state index contributed by atoms with van der Waals surface area (Å²) in [6, 6.07) is 12.0. The highest BCUT2D eigenvalue weighted by atomic mass is 15.1. The molecule has 2 aromatic heterocycles. The van der Waals surface area contributed by atoms with Crippen molar-refractivity contribution in [2.24, 2.45) is 0 Å². The molecule has 0 saturated carbocycles. The number of aromatic nitrogens is 2. The molecule has 94 valence electrons. The van der Waals surface area contributed by atoms with Crippen LogP contribution in [0.25, 0.3) is 11.4 Å². The first-order valence-corrected chi connectivity index (χ1v) is 6.43. The predicted octanol–water partition coefficient (Wildman–Crippen LogP) is 2.99. The van der Waals surface area contributed by atoms with Crippen molar-refractivity contribution in [3.8, 4) is 11.4 Å². The second-order valence-electron chi connectivity index (χ2n) is 4.19. The molecular formula is C15H19N3. The van der Waals surface area contributed by atoms with Crippen molar-refractivity contribution < 1.29 is 0 Å². The Morgan fingerprint density at radius 3 is 2.39 bits per heavy atom. The van der Waals surface area contributed by atoms with E-state index in [0.29, 0.717) is 0 Å². The Balaban J connectivity index is 2.20. The highest BCUT2D eigenvalue weighted by Gasteiger charge is 2.05. The van der Waals surface area contributed by atoms with Crippen molar-refractivity contribution in [1.29, 1.82) is 0 Å². The third-order valence-corrected chi connectivity index (χ3v) is 3.01. The Morgan fingerprint density at radius 1 is 0.944 bits per heavy atom. The average Bonchev–Trinajstić information content (AvgIpc) is 2.46. The first kappa shape index (κ1) is 12.7. The quantitative estimate of drug-likeness (QED) is 0.806. The van der Waals surface area contributed by atoms with Crippen molar-refractivity contribution >= 4 is 0 Å². The molecule has 2 rings (SSSR count). The molecule has 18 heavy (non-hydrogen) atoms. The van der Waals surface area contributed by atoms with Gasteiger partial charge in [0.25, 0.3) is 0 Å². The lowest BCUT2D eigenvalue weighted by Gasteiger charge is -2.17. The Kier molecular flexibility index (Phi) is 4.42. The zero-order valence-electron chi connectivity index (χ0n) is 11.0. The molecule has 0 spiro atoms. The van der Waals surface area contributed by atoms with Crippen LogP contribution >= 0.6 is 0 Å². The van der Waals surface area contributed by atoms with E-state index < -0.39 is 0 Å². The molecule has 0 atom stereocenters. The maximum atomic E-state index is 4.67. The van der Waals surface area contributed by atoms with Gasteiger partial charge in [-0.25, -0.2) is 4.98 Å². The van der Waals surface area contributed by atoms with E-state index in [9.17, 15) is 0 Å². The molecule has 0 saturated heterocycles. The summed E-state index contributed by atoms with van der Waals surface area (Å²) in [4.78, 5) is 11.4. The van der Waals surface area contributed by atoms with Crippen LogP contribution in [0, 0.1) is 0 Å². The third kappa shape index (κ3) is 3.14. The van der Waals surface area contributed by atoms with Crippen LogP contribution < -0.4 is 0 Å². The zero-order valence-corrected chi connectivity index (χ0v) is 11.0. The minimum absolute atomic E-state index is 0.897. The molecule has 0 unspecified atom stereocenters. The summed E-state index contributed by atoms with van der Waals surface area (Å²) in [5.74, 6) is 0. The van der Waals surface area contributed by atoms with E-state index in [2.05, 4.69) is 40.8 Å². The summed E-state index contributed by atoms with van der Waals surface area (Å²) >= 11 is 0. The zero-order chi connectivity index (χ0) is 12.8. The number of pyridine rings is 2. The van der Waals surface area contributed by atoms with Crippen molar-refractivity contribution in [2.75, 3.05) is 13.1 Å². The van der Waals surface area contributed by atoms with Crippen molar-refractivity contribution in [3.63, 3.8) is 0 Å². The van der Waals surface area contributed by atoms with Crippen molar-refractivity contribution in [1.82, 2.24) is 14.9 Å². The maximum Gasteiger partial charge on any atom is 0.0890 e. The van der Waals surface area contributed by atoms with E-state index >= 15 is 0 Å². The summed E-state index contributed by atoms with van der Waals surface area (Å²) in [6.45, 7) is 7.34. The Morgan fingerprint density at radius 2 is 1.72 bits per heavy atom. The first-order chi connectivity index (χ1) is 8.83. The van der Waals surface area contributed by atoms with Gasteiger partial charge in [0.1, 0.15) is 0 Å². The number of hydrogen-bond acceptors (Lipinski definition) is 3. The molecule has 0 aliphatic rings. The molecule has 0 N–H and O–H groups in total. The monoisotopic (exact) mass is 241 g/mol. The van der Waals surface area contributed by atoms with Gasteiger partial charge in [0, 0.05) is 12.7 Å². The summed E-state index contributed by atoms with van der Waals surface area (Å²) < 4.78 is 0. The SMILES string of the molecule is CCN(CC)Cc1cccc(-c2ccccn2)n1. The van der Waals surface area contributed by atoms with E-state index in [4.69, 9.17) is 0 Å². The van der Waals surface area contributed by atoms with Crippen LogP contribution in [0.4, 0.5) is 0 Å². The van der Waals surface area contributed by atoms with Crippen LogP contribution in [-0.4, -0.2) is 28.0 Å². The Bertz CT molecular complexity index is 478. The topological polar surface area (TPSA) is 29.0 Å². The molecule has 0 aliphatic heterocycles. The third-order valence-electron chi connectivity index (χ3n) is 3.01. The van der Waals surface area contributed by atoms with Crippen LogP contribution in [0.5, 0.6) is 0 Å². The smallest absolute Gasteiger partial charge is 0.0890 e. The fourth-order valence-electron chi connectivity index (χ4n) is 1.90. The minimum atomic E-state index is 0.897. The predicted molar refractivity (Wildman–Crippen MR) is 74.1 cm³/mol. The summed E-state index contributed by atoms with van der Waals surface area (Å²) in [6.07, 6.45) is 1.80. The fraction of sp³-hybridized carbons (Fsp3) is 0.333. The molecule has 2 heterocycles. The van der Waals surface area contributed by atoms with Gasteiger partial charge in [0.15, 0.2) is 0 Å². The maximum absolute atomic E-state index is 4.67. The minimum Gasteiger partial charge on any atom is -0.298 e. The second-order valence-corrected chi connectivity index (χ2v) is 4.19. The van der Waals surface area contributed by atoms with E-state index in [1.54, 1.807) is 6.20 Å². The fourth-order valence-corrected chi connectivity index (χ4v) is 1.90. The molecule has 3 heteroatoms. The van der Waals surface area contributed by atoms with Gasteiger partial charge >= 0.3 is 0 Å². The van der Waals surface area contributed by atoms with Crippen LogP contribution in [0.15, 0.2) is 42.6 Å². The van der Waals surface area contributed by atoms with Gasteiger partial charge < -0.3 is 0 Å². The van der Waals surface area contributed by atoms with Gasteiger partial charge in [0.2, 0.25) is 0 Å². The molecule has 0 aromatic carbocycles. The van der Waals surface area contributed by atoms with Crippen LogP contribution in [0.3, 0.4) is 0 Å². The average molecular weight is 241 g/mol. The van der Waals surface area contributed by atoms with E-state index in [-0.39, 0.29) is 0 Å². The van der Waals surface area contributed by atoms with E-state index in [1.807, 2.05) is 24.3 Å². The first-order valence-electron chi connectivity index (χ1n) is 6.43. The normalized spacial score (nSPS) is 10.8. The standard InChI is InChI=1S/C15H19N3/c1-3-18(4-2)12-13-8-7-10-15(17-13)14-9-5-6-11-16-14/h5-11H,3-4,12H2,1-2H3. The highest BCUT2D eigenvalue weighted by molar-refractivity contribution is 5.53. The summed E-state index contributed by atoms with van der Waals surface area (Å²) in [5.41, 5.74) is 2.97. The number of nitrogens with zero attached hydrogens (tertiary/aromatic N) is 3. The van der Waals surface area contributed by atoms with Crippen LogP contribution in [0.1, 0.15) is 19.5 Å². The molecule has 2 aromatic rings. The van der Waals surface area contributed by atoms with Gasteiger partial charge in [-0.1, -0.05) is 26.0 Å². The molecule has 0 radical (unpaired) electrons. The lowest BCUT2D eigenvalue weighted by Crippen LogP contribution is -2.22. The summed E-state index contributed by atoms with van der Waals surface area (Å²) in [7, 11) is 0.